The van der Waals surface area contributed by atoms with Crippen LogP contribution in [0.5, 0.6) is 5.75 Å². The lowest BCUT2D eigenvalue weighted by Crippen LogP contribution is -2.32. The van der Waals surface area contributed by atoms with Gasteiger partial charge >= 0.3 is 0 Å². The van der Waals surface area contributed by atoms with Gasteiger partial charge in [0, 0.05) is 12.6 Å². The van der Waals surface area contributed by atoms with Crippen LogP contribution < -0.4 is 15.4 Å². The number of nitrogens with one attached hydrogen (secondary N) is 2. The lowest BCUT2D eigenvalue weighted by atomic mass is 9.92. The fourth-order valence-electron chi connectivity index (χ4n) is 2.65. The van der Waals surface area contributed by atoms with Gasteiger partial charge in [-0.25, -0.2) is 0 Å². The highest BCUT2D eigenvalue weighted by atomic mass is 16.5. The van der Waals surface area contributed by atoms with E-state index in [1.807, 2.05) is 0 Å². The molecule has 1 saturated heterocycles. The first kappa shape index (κ1) is 10.9. The number of rotatable bonds is 1. The molecule has 2 heterocycles. The zero-order valence-corrected chi connectivity index (χ0v) is 10.3. The molecule has 0 saturated carbocycles. The molecule has 2 aliphatic rings. The van der Waals surface area contributed by atoms with Gasteiger partial charge in [0.1, 0.15) is 12.4 Å². The van der Waals surface area contributed by atoms with Gasteiger partial charge in [0.05, 0.1) is 5.69 Å². The molecule has 0 amide bonds. The minimum Gasteiger partial charge on any atom is -0.490 e. The highest BCUT2D eigenvalue weighted by Gasteiger charge is 2.20. The fourth-order valence-corrected chi connectivity index (χ4v) is 2.65. The Balaban J connectivity index is 1.79. The molecule has 1 fully saturated rings. The summed E-state index contributed by atoms with van der Waals surface area (Å²) < 4.78 is 5.69. The zero-order valence-electron chi connectivity index (χ0n) is 10.3. The molecule has 3 rings (SSSR count). The van der Waals surface area contributed by atoms with Crippen LogP contribution in [-0.2, 0) is 0 Å². The molecule has 0 unspecified atom stereocenters. The topological polar surface area (TPSA) is 33.3 Å². The van der Waals surface area contributed by atoms with Gasteiger partial charge in [-0.3, -0.25) is 0 Å². The van der Waals surface area contributed by atoms with Crippen LogP contribution in [0.4, 0.5) is 5.69 Å². The fraction of sp³-hybridized carbons (Fsp3) is 0.571. The molecule has 1 aromatic carbocycles. The third kappa shape index (κ3) is 2.25. The number of anilines is 1. The van der Waals surface area contributed by atoms with Crippen LogP contribution in [0.15, 0.2) is 18.2 Å². The predicted molar refractivity (Wildman–Crippen MR) is 69.6 cm³/mol. The summed E-state index contributed by atoms with van der Waals surface area (Å²) in [4.78, 5) is 0. The van der Waals surface area contributed by atoms with Crippen molar-refractivity contribution >= 4 is 5.69 Å². The summed E-state index contributed by atoms with van der Waals surface area (Å²) in [7, 11) is 0. The molecule has 3 heteroatoms. The molecule has 1 aromatic rings. The molecule has 2 aliphatic heterocycles. The molecule has 0 aliphatic carbocycles. The van der Waals surface area contributed by atoms with Gasteiger partial charge in [-0.05, 0) is 43.0 Å². The number of fused-ring (bicyclic) bond motifs is 1. The van der Waals surface area contributed by atoms with Gasteiger partial charge < -0.3 is 15.4 Å². The average molecular weight is 232 g/mol. The van der Waals surface area contributed by atoms with Crippen molar-refractivity contribution in [3.8, 4) is 5.75 Å². The second-order valence-electron chi connectivity index (χ2n) is 5.17. The summed E-state index contributed by atoms with van der Waals surface area (Å²) in [5.74, 6) is 1.82. The Morgan fingerprint density at radius 2 is 2.24 bits per heavy atom. The first-order valence-electron chi connectivity index (χ1n) is 6.57. The smallest absolute Gasteiger partial charge is 0.142 e. The second kappa shape index (κ2) is 4.57. The van der Waals surface area contributed by atoms with E-state index in [-0.39, 0.29) is 0 Å². The quantitative estimate of drug-likeness (QED) is 0.780. The Morgan fingerprint density at radius 1 is 1.29 bits per heavy atom. The van der Waals surface area contributed by atoms with Crippen molar-refractivity contribution in [2.45, 2.75) is 25.8 Å². The first-order chi connectivity index (χ1) is 8.33. The highest BCUT2D eigenvalue weighted by molar-refractivity contribution is 5.59. The maximum atomic E-state index is 5.69. The van der Waals surface area contributed by atoms with Crippen LogP contribution in [0, 0.1) is 5.92 Å². The summed E-state index contributed by atoms with van der Waals surface area (Å²) in [6, 6.07) is 7.05. The minimum atomic E-state index is 0.502. The van der Waals surface area contributed by atoms with E-state index in [9.17, 15) is 0 Å². The Labute approximate surface area is 103 Å². The standard InChI is InChI=1S/C14H20N2O/c1-10-2-4-12(16-9-10)11-3-5-13-14(8-11)17-7-6-15-13/h3,5,8,10,12,15-16H,2,4,6-7,9H2,1H3/t10-,12+/m0/s1. The Bertz CT molecular complexity index is 397. The molecular weight excluding hydrogens is 212 g/mol. The molecular formula is C14H20N2O. The van der Waals surface area contributed by atoms with Crippen molar-refractivity contribution in [2.75, 3.05) is 25.0 Å². The van der Waals surface area contributed by atoms with Crippen molar-refractivity contribution < 1.29 is 4.74 Å². The largest absolute Gasteiger partial charge is 0.490 e. The Hall–Kier alpha value is -1.22. The molecule has 3 nitrogen and oxygen atoms in total. The molecule has 92 valence electrons. The van der Waals surface area contributed by atoms with Gasteiger partial charge in [-0.15, -0.1) is 0 Å². The maximum Gasteiger partial charge on any atom is 0.142 e. The highest BCUT2D eigenvalue weighted by Crippen LogP contribution is 2.33. The van der Waals surface area contributed by atoms with E-state index < -0.39 is 0 Å². The van der Waals surface area contributed by atoms with Gasteiger partial charge in [-0.1, -0.05) is 13.0 Å². The molecule has 0 bridgehead atoms. The molecule has 0 radical (unpaired) electrons. The second-order valence-corrected chi connectivity index (χ2v) is 5.17. The van der Waals surface area contributed by atoms with E-state index in [0.29, 0.717) is 6.04 Å². The molecule has 17 heavy (non-hydrogen) atoms. The van der Waals surface area contributed by atoms with Gasteiger partial charge in [0.15, 0.2) is 0 Å². The summed E-state index contributed by atoms with van der Waals surface area (Å²) in [5.41, 5.74) is 2.49. The van der Waals surface area contributed by atoms with E-state index in [4.69, 9.17) is 4.74 Å². The summed E-state index contributed by atoms with van der Waals surface area (Å²) >= 11 is 0. The molecule has 0 spiro atoms. The van der Waals surface area contributed by atoms with Crippen LogP contribution in [0.2, 0.25) is 0 Å². The van der Waals surface area contributed by atoms with E-state index in [1.165, 1.54) is 18.4 Å². The molecule has 2 N–H and O–H groups in total. The maximum absolute atomic E-state index is 5.69. The first-order valence-corrected chi connectivity index (χ1v) is 6.57. The molecule has 0 aromatic heterocycles. The van der Waals surface area contributed by atoms with Gasteiger partial charge in [-0.2, -0.15) is 0 Å². The van der Waals surface area contributed by atoms with Crippen LogP contribution in [0.1, 0.15) is 31.4 Å². The number of piperidine rings is 1. The summed E-state index contributed by atoms with van der Waals surface area (Å²) in [5, 5.41) is 6.97. The zero-order chi connectivity index (χ0) is 11.7. The number of hydrogen-bond donors (Lipinski definition) is 2. The van der Waals surface area contributed by atoms with Crippen molar-refractivity contribution in [1.82, 2.24) is 5.32 Å². The average Bonchev–Trinajstić information content (AvgIpc) is 2.39. The van der Waals surface area contributed by atoms with Gasteiger partial charge in [0.25, 0.3) is 0 Å². The van der Waals surface area contributed by atoms with Gasteiger partial charge in [0.2, 0.25) is 0 Å². The van der Waals surface area contributed by atoms with E-state index >= 15 is 0 Å². The third-order valence-corrected chi connectivity index (χ3v) is 3.74. The predicted octanol–water partition coefficient (Wildman–Crippen LogP) is 2.55. The molecule has 2 atom stereocenters. The normalized spacial score (nSPS) is 27.8. The summed E-state index contributed by atoms with van der Waals surface area (Å²) in [6.45, 7) is 5.11. The van der Waals surface area contributed by atoms with Crippen LogP contribution in [0.3, 0.4) is 0 Å². The van der Waals surface area contributed by atoms with Crippen LogP contribution in [-0.4, -0.2) is 19.7 Å². The van der Waals surface area contributed by atoms with E-state index in [1.54, 1.807) is 0 Å². The number of ether oxygens (including phenoxy) is 1. The van der Waals surface area contributed by atoms with Crippen molar-refractivity contribution in [3.05, 3.63) is 23.8 Å². The lowest BCUT2D eigenvalue weighted by molar-refractivity contribution is 0.317. The third-order valence-electron chi connectivity index (χ3n) is 3.74. The number of benzene rings is 1. The SMILES string of the molecule is C[C@H]1CC[C@H](c2ccc3c(c2)OCCN3)NC1. The van der Waals surface area contributed by atoms with E-state index in [0.717, 1.165) is 37.1 Å². The minimum absolute atomic E-state index is 0.502. The monoisotopic (exact) mass is 232 g/mol. The van der Waals surface area contributed by atoms with Crippen molar-refractivity contribution in [2.24, 2.45) is 5.92 Å². The van der Waals surface area contributed by atoms with Crippen molar-refractivity contribution in [3.63, 3.8) is 0 Å². The Morgan fingerprint density at radius 3 is 3.06 bits per heavy atom. The lowest BCUT2D eigenvalue weighted by Gasteiger charge is -2.29. The van der Waals surface area contributed by atoms with Crippen LogP contribution in [0.25, 0.3) is 0 Å². The van der Waals surface area contributed by atoms with E-state index in [2.05, 4.69) is 35.8 Å². The van der Waals surface area contributed by atoms with Crippen LogP contribution >= 0.6 is 0 Å². The summed E-state index contributed by atoms with van der Waals surface area (Å²) in [6.07, 6.45) is 2.54. The Kier molecular flexibility index (Phi) is 2.93. The van der Waals surface area contributed by atoms with Crippen molar-refractivity contribution in [1.29, 1.82) is 0 Å². The number of hydrogen-bond acceptors (Lipinski definition) is 3.